The molecule has 1 rings (SSSR count). The fourth-order valence-corrected chi connectivity index (χ4v) is 2.15. The van der Waals surface area contributed by atoms with Crippen molar-refractivity contribution in [3.8, 4) is 0 Å². The fourth-order valence-electron chi connectivity index (χ4n) is 2.15. The zero-order valence-corrected chi connectivity index (χ0v) is 13.4. The molecule has 1 aliphatic heterocycles. The van der Waals surface area contributed by atoms with E-state index in [4.69, 9.17) is 4.74 Å². The Hall–Kier alpha value is -1.26. The summed E-state index contributed by atoms with van der Waals surface area (Å²) in [4.78, 5) is 27.6. The number of nitrogens with zero attached hydrogens (tertiary/aromatic N) is 2. The van der Waals surface area contributed by atoms with Crippen LogP contribution in [0.1, 0.15) is 47.5 Å². The second-order valence-corrected chi connectivity index (χ2v) is 6.80. The van der Waals surface area contributed by atoms with Gasteiger partial charge in [-0.1, -0.05) is 13.8 Å². The van der Waals surface area contributed by atoms with Crippen molar-refractivity contribution < 1.29 is 14.3 Å². The first-order valence-corrected chi connectivity index (χ1v) is 7.45. The van der Waals surface area contributed by atoms with E-state index in [1.807, 2.05) is 39.5 Å². The van der Waals surface area contributed by atoms with Crippen LogP contribution in [0, 0.1) is 5.92 Å². The van der Waals surface area contributed by atoms with Crippen LogP contribution in [0.4, 0.5) is 4.79 Å². The Morgan fingerprint density at radius 3 is 2.15 bits per heavy atom. The van der Waals surface area contributed by atoms with E-state index in [0.717, 1.165) is 13.0 Å². The van der Waals surface area contributed by atoms with Crippen molar-refractivity contribution in [3.05, 3.63) is 0 Å². The number of hydrogen-bond acceptors (Lipinski definition) is 3. The van der Waals surface area contributed by atoms with Crippen LogP contribution >= 0.6 is 0 Å². The van der Waals surface area contributed by atoms with Gasteiger partial charge in [-0.05, 0) is 33.1 Å². The van der Waals surface area contributed by atoms with Gasteiger partial charge < -0.3 is 14.5 Å². The van der Waals surface area contributed by atoms with Gasteiger partial charge >= 0.3 is 6.09 Å². The van der Waals surface area contributed by atoms with E-state index >= 15 is 0 Å². The summed E-state index contributed by atoms with van der Waals surface area (Å²) in [5, 5.41) is 0. The maximum atomic E-state index is 12.1. The Morgan fingerprint density at radius 2 is 1.60 bits per heavy atom. The molecule has 1 saturated heterocycles. The number of amides is 2. The van der Waals surface area contributed by atoms with Crippen LogP contribution in [-0.4, -0.2) is 53.6 Å². The molecule has 0 saturated carbocycles. The van der Waals surface area contributed by atoms with Gasteiger partial charge in [0.2, 0.25) is 5.91 Å². The molecular weight excluding hydrogens is 256 g/mol. The largest absolute Gasteiger partial charge is 0.444 e. The molecule has 1 fully saturated rings. The molecule has 0 bridgehead atoms. The van der Waals surface area contributed by atoms with Crippen molar-refractivity contribution in [2.75, 3.05) is 26.2 Å². The lowest BCUT2D eigenvalue weighted by Gasteiger charge is -2.26. The molecule has 0 spiro atoms. The highest BCUT2D eigenvalue weighted by atomic mass is 16.6. The van der Waals surface area contributed by atoms with Gasteiger partial charge in [0.25, 0.3) is 0 Å². The summed E-state index contributed by atoms with van der Waals surface area (Å²) in [7, 11) is 0. The molecule has 0 N–H and O–H groups in total. The average molecular weight is 284 g/mol. The molecule has 116 valence electrons. The van der Waals surface area contributed by atoms with Crippen molar-refractivity contribution in [2.45, 2.75) is 53.1 Å². The molecule has 20 heavy (non-hydrogen) atoms. The van der Waals surface area contributed by atoms with Gasteiger partial charge in [0.05, 0.1) is 0 Å². The van der Waals surface area contributed by atoms with E-state index in [0.29, 0.717) is 32.0 Å². The van der Waals surface area contributed by atoms with E-state index < -0.39 is 5.60 Å². The van der Waals surface area contributed by atoms with Gasteiger partial charge in [-0.15, -0.1) is 0 Å². The van der Waals surface area contributed by atoms with E-state index in [-0.39, 0.29) is 12.0 Å². The van der Waals surface area contributed by atoms with Crippen LogP contribution in [0.2, 0.25) is 0 Å². The highest BCUT2D eigenvalue weighted by Gasteiger charge is 2.25. The first-order valence-electron chi connectivity index (χ1n) is 7.45. The first-order chi connectivity index (χ1) is 9.19. The van der Waals surface area contributed by atoms with Crippen LogP contribution in [0.25, 0.3) is 0 Å². The molecular formula is C15H28N2O3. The van der Waals surface area contributed by atoms with Crippen LogP contribution in [0.15, 0.2) is 0 Å². The third-order valence-corrected chi connectivity index (χ3v) is 3.08. The zero-order chi connectivity index (χ0) is 15.3. The third-order valence-electron chi connectivity index (χ3n) is 3.08. The molecule has 0 atom stereocenters. The molecule has 1 heterocycles. The van der Waals surface area contributed by atoms with Crippen LogP contribution in [-0.2, 0) is 9.53 Å². The quantitative estimate of drug-likeness (QED) is 0.783. The van der Waals surface area contributed by atoms with Crippen LogP contribution < -0.4 is 0 Å². The molecule has 5 heteroatoms. The second kappa shape index (κ2) is 6.95. The van der Waals surface area contributed by atoms with Crippen LogP contribution in [0.5, 0.6) is 0 Å². The predicted octanol–water partition coefficient (Wildman–Crippen LogP) is 2.50. The Balaban J connectivity index is 2.51. The molecule has 0 unspecified atom stereocenters. The average Bonchev–Trinajstić information content (AvgIpc) is 2.50. The Bertz CT molecular complexity index is 348. The van der Waals surface area contributed by atoms with E-state index in [9.17, 15) is 9.59 Å². The number of carbonyl (C=O) groups excluding carboxylic acids is 2. The normalized spacial score (nSPS) is 17.1. The molecule has 2 amide bonds. The maximum absolute atomic E-state index is 12.1. The molecule has 0 aliphatic carbocycles. The summed E-state index contributed by atoms with van der Waals surface area (Å²) in [6, 6.07) is 0. The van der Waals surface area contributed by atoms with Gasteiger partial charge in [0.15, 0.2) is 0 Å². The van der Waals surface area contributed by atoms with E-state index in [2.05, 4.69) is 0 Å². The van der Waals surface area contributed by atoms with Crippen molar-refractivity contribution in [1.82, 2.24) is 9.80 Å². The van der Waals surface area contributed by atoms with Gasteiger partial charge in [-0.3, -0.25) is 4.79 Å². The number of hydrogen-bond donors (Lipinski definition) is 0. The van der Waals surface area contributed by atoms with Gasteiger partial charge in [-0.2, -0.15) is 0 Å². The predicted molar refractivity (Wildman–Crippen MR) is 78.5 cm³/mol. The summed E-state index contributed by atoms with van der Waals surface area (Å²) in [5.74, 6) is 0.554. The number of ether oxygens (including phenoxy) is 1. The van der Waals surface area contributed by atoms with Gasteiger partial charge in [0, 0.05) is 32.6 Å². The topological polar surface area (TPSA) is 49.9 Å². The molecule has 5 nitrogen and oxygen atoms in total. The minimum Gasteiger partial charge on any atom is -0.444 e. The minimum absolute atomic E-state index is 0.186. The van der Waals surface area contributed by atoms with E-state index in [1.165, 1.54) is 0 Å². The smallest absolute Gasteiger partial charge is 0.410 e. The molecule has 0 radical (unpaired) electrons. The Kier molecular flexibility index (Phi) is 5.84. The van der Waals surface area contributed by atoms with Crippen LogP contribution in [0.3, 0.4) is 0 Å². The lowest BCUT2D eigenvalue weighted by atomic mass is 10.1. The standard InChI is InChI=1S/C15H28N2O3/c1-12(2)11-13(18)16-7-6-8-17(10-9-16)14(19)20-15(3,4)5/h12H,6-11H2,1-5H3. The first kappa shape index (κ1) is 16.8. The summed E-state index contributed by atoms with van der Waals surface area (Å²) >= 11 is 0. The minimum atomic E-state index is -0.476. The summed E-state index contributed by atoms with van der Waals surface area (Å²) in [6.45, 7) is 12.2. The summed E-state index contributed by atoms with van der Waals surface area (Å²) in [5.41, 5.74) is -0.476. The highest BCUT2D eigenvalue weighted by molar-refractivity contribution is 5.76. The lowest BCUT2D eigenvalue weighted by Crippen LogP contribution is -2.40. The maximum Gasteiger partial charge on any atom is 0.410 e. The van der Waals surface area contributed by atoms with Gasteiger partial charge in [0.1, 0.15) is 5.60 Å². The van der Waals surface area contributed by atoms with Gasteiger partial charge in [-0.25, -0.2) is 4.79 Å². The van der Waals surface area contributed by atoms with Crippen molar-refractivity contribution >= 4 is 12.0 Å². The number of rotatable bonds is 2. The second-order valence-electron chi connectivity index (χ2n) is 6.80. The fraction of sp³-hybridized carbons (Fsp3) is 0.867. The molecule has 0 aromatic carbocycles. The van der Waals surface area contributed by atoms with Crippen molar-refractivity contribution in [1.29, 1.82) is 0 Å². The monoisotopic (exact) mass is 284 g/mol. The number of carbonyl (C=O) groups is 2. The van der Waals surface area contributed by atoms with Crippen molar-refractivity contribution in [2.24, 2.45) is 5.92 Å². The summed E-state index contributed by atoms with van der Waals surface area (Å²) < 4.78 is 5.38. The molecule has 0 aromatic rings. The SMILES string of the molecule is CC(C)CC(=O)N1CCCN(C(=O)OC(C)(C)C)CC1. The zero-order valence-electron chi connectivity index (χ0n) is 13.4. The highest BCUT2D eigenvalue weighted by Crippen LogP contribution is 2.13. The Labute approximate surface area is 122 Å². The third kappa shape index (κ3) is 5.80. The molecule has 1 aliphatic rings. The molecule has 0 aromatic heterocycles. The lowest BCUT2D eigenvalue weighted by molar-refractivity contribution is -0.131. The van der Waals surface area contributed by atoms with Crippen molar-refractivity contribution in [3.63, 3.8) is 0 Å². The summed E-state index contributed by atoms with van der Waals surface area (Å²) in [6.07, 6.45) is 1.10. The van der Waals surface area contributed by atoms with E-state index in [1.54, 1.807) is 4.90 Å². The Morgan fingerprint density at radius 1 is 1.05 bits per heavy atom.